The molecule has 0 radical (unpaired) electrons. The van der Waals surface area contributed by atoms with Gasteiger partial charge in [-0.05, 0) is 80.3 Å². The Morgan fingerprint density at radius 3 is 2.47 bits per heavy atom. The molecule has 180 valence electrons. The maximum atomic E-state index is 13.7. The second-order valence-corrected chi connectivity index (χ2v) is 11.8. The van der Waals surface area contributed by atoms with Crippen LogP contribution in [0.15, 0.2) is 29.1 Å². The van der Waals surface area contributed by atoms with Crippen LogP contribution < -0.4 is 10.9 Å². The molecule has 34 heavy (non-hydrogen) atoms. The van der Waals surface area contributed by atoms with Crippen LogP contribution in [-0.4, -0.2) is 33.4 Å². The summed E-state index contributed by atoms with van der Waals surface area (Å²) in [6, 6.07) is 7.96. The Labute approximate surface area is 205 Å². The van der Waals surface area contributed by atoms with Gasteiger partial charge < -0.3 is 5.32 Å². The van der Waals surface area contributed by atoms with E-state index < -0.39 is 0 Å². The van der Waals surface area contributed by atoms with Crippen LogP contribution in [0.5, 0.6) is 0 Å². The molecule has 6 nitrogen and oxygen atoms in total. The highest BCUT2D eigenvalue weighted by atomic mass is 32.1. The Bertz CT molecular complexity index is 1260. The molecule has 0 saturated carbocycles. The van der Waals surface area contributed by atoms with Gasteiger partial charge in [0.1, 0.15) is 17.2 Å². The third kappa shape index (κ3) is 4.68. The molecule has 0 atom stereocenters. The van der Waals surface area contributed by atoms with E-state index in [0.717, 1.165) is 48.3 Å². The van der Waals surface area contributed by atoms with Crippen molar-refractivity contribution < 1.29 is 4.79 Å². The number of hydrogen-bond acceptors (Lipinski definition) is 5. The first-order valence-corrected chi connectivity index (χ1v) is 13.3. The van der Waals surface area contributed by atoms with E-state index in [1.165, 1.54) is 35.3 Å². The van der Waals surface area contributed by atoms with E-state index in [0.29, 0.717) is 12.4 Å². The summed E-state index contributed by atoms with van der Waals surface area (Å²) < 4.78 is 1.63. The van der Waals surface area contributed by atoms with E-state index >= 15 is 0 Å². The molecule has 0 spiro atoms. The monoisotopic (exact) mass is 478 g/mol. The van der Waals surface area contributed by atoms with E-state index in [1.54, 1.807) is 15.9 Å². The van der Waals surface area contributed by atoms with Crippen LogP contribution in [0.3, 0.4) is 0 Å². The van der Waals surface area contributed by atoms with Crippen molar-refractivity contribution in [1.82, 2.24) is 14.5 Å². The first-order valence-electron chi connectivity index (χ1n) is 12.5. The fourth-order valence-electron chi connectivity index (χ4n) is 5.10. The number of anilines is 1. The van der Waals surface area contributed by atoms with Gasteiger partial charge in [-0.15, -0.1) is 11.3 Å². The zero-order valence-electron chi connectivity index (χ0n) is 20.4. The van der Waals surface area contributed by atoms with Crippen molar-refractivity contribution in [2.75, 3.05) is 18.4 Å². The van der Waals surface area contributed by atoms with Gasteiger partial charge in [-0.3, -0.25) is 19.1 Å². The van der Waals surface area contributed by atoms with Gasteiger partial charge in [-0.1, -0.05) is 32.9 Å². The molecule has 3 aromatic rings. The summed E-state index contributed by atoms with van der Waals surface area (Å²) in [7, 11) is 0. The molecular weight excluding hydrogens is 444 g/mol. The van der Waals surface area contributed by atoms with Crippen LogP contribution in [0.2, 0.25) is 0 Å². The second-order valence-electron chi connectivity index (χ2n) is 10.7. The number of aryl methyl sites for hydroxylation is 2. The lowest BCUT2D eigenvalue weighted by molar-refractivity contribution is -0.116. The van der Waals surface area contributed by atoms with Crippen molar-refractivity contribution >= 4 is 33.1 Å². The second kappa shape index (κ2) is 9.27. The molecule has 1 aromatic carbocycles. The molecule has 1 aliphatic heterocycles. The normalized spacial score (nSPS) is 16.7. The number of thiophene rings is 1. The lowest BCUT2D eigenvalue weighted by Crippen LogP contribution is -2.33. The highest BCUT2D eigenvalue weighted by Gasteiger charge is 2.24. The highest BCUT2D eigenvalue weighted by molar-refractivity contribution is 7.18. The van der Waals surface area contributed by atoms with Gasteiger partial charge in [0.25, 0.3) is 5.56 Å². The third-order valence-corrected chi connectivity index (χ3v) is 8.24. The summed E-state index contributed by atoms with van der Waals surface area (Å²) in [6.45, 7) is 9.13. The minimum absolute atomic E-state index is 0.0173. The molecule has 5 rings (SSSR count). The molecule has 1 aliphatic carbocycles. The van der Waals surface area contributed by atoms with Crippen molar-refractivity contribution in [3.8, 4) is 0 Å². The van der Waals surface area contributed by atoms with Gasteiger partial charge in [0.15, 0.2) is 0 Å². The van der Waals surface area contributed by atoms with Crippen LogP contribution in [0.1, 0.15) is 68.3 Å². The van der Waals surface area contributed by atoms with Crippen molar-refractivity contribution in [3.05, 3.63) is 56.4 Å². The smallest absolute Gasteiger partial charge is 0.263 e. The molecule has 1 N–H and O–H groups in total. The predicted molar refractivity (Wildman–Crippen MR) is 139 cm³/mol. The third-order valence-electron chi connectivity index (χ3n) is 7.05. The number of nitrogens with one attached hydrogen (secondary N) is 1. The zero-order chi connectivity index (χ0) is 23.9. The minimum Gasteiger partial charge on any atom is -0.325 e. The van der Waals surface area contributed by atoms with E-state index in [1.807, 2.05) is 24.3 Å². The quantitative estimate of drug-likeness (QED) is 0.568. The molecule has 0 bridgehead atoms. The van der Waals surface area contributed by atoms with E-state index in [4.69, 9.17) is 4.98 Å². The molecule has 2 aliphatic rings. The lowest BCUT2D eigenvalue weighted by Gasteiger charge is -2.20. The fraction of sp³-hybridized carbons (Fsp3) is 0.519. The number of carbonyl (C=O) groups is 1. The predicted octanol–water partition coefficient (Wildman–Crippen LogP) is 4.87. The summed E-state index contributed by atoms with van der Waals surface area (Å²) in [6.07, 6.45) is 6.59. The summed E-state index contributed by atoms with van der Waals surface area (Å²) in [5.74, 6) is 0.509. The first kappa shape index (κ1) is 23.2. The number of nitrogens with zero attached hydrogens (tertiary/aromatic N) is 3. The van der Waals surface area contributed by atoms with Gasteiger partial charge >= 0.3 is 0 Å². The van der Waals surface area contributed by atoms with Crippen molar-refractivity contribution in [2.45, 2.75) is 77.8 Å². The van der Waals surface area contributed by atoms with Gasteiger partial charge in [-0.25, -0.2) is 4.98 Å². The number of amides is 1. The summed E-state index contributed by atoms with van der Waals surface area (Å²) in [5.41, 5.74) is 3.13. The molecule has 0 unspecified atom stereocenters. The standard InChI is InChI=1S/C27H34N4O2S/c1-27(2,3)18-10-12-19(13-11-18)28-23(32)17-31-22(16-30-14-6-7-15-30)29-25-24(26(31)33)20-8-4-5-9-21(20)34-25/h10-13H,4-9,14-17H2,1-3H3,(H,28,32). The number of carbonyl (C=O) groups excluding carboxylic acids is 1. The number of likely N-dealkylation sites (tertiary alicyclic amines) is 1. The van der Waals surface area contributed by atoms with Crippen LogP contribution in [0.4, 0.5) is 5.69 Å². The molecule has 2 aromatic heterocycles. The summed E-state index contributed by atoms with van der Waals surface area (Å²) >= 11 is 1.68. The van der Waals surface area contributed by atoms with Crippen LogP contribution >= 0.6 is 11.3 Å². The molecule has 7 heteroatoms. The maximum Gasteiger partial charge on any atom is 0.263 e. The van der Waals surface area contributed by atoms with E-state index in [2.05, 4.69) is 31.0 Å². The molecule has 1 fully saturated rings. The summed E-state index contributed by atoms with van der Waals surface area (Å²) in [4.78, 5) is 36.2. The van der Waals surface area contributed by atoms with Gasteiger partial charge in [0.2, 0.25) is 5.91 Å². The van der Waals surface area contributed by atoms with Crippen LogP contribution in [0, 0.1) is 0 Å². The topological polar surface area (TPSA) is 67.2 Å². The van der Waals surface area contributed by atoms with E-state index in [9.17, 15) is 9.59 Å². The Balaban J connectivity index is 1.46. The van der Waals surface area contributed by atoms with Crippen molar-refractivity contribution in [1.29, 1.82) is 0 Å². The molecule has 1 amide bonds. The Morgan fingerprint density at radius 1 is 1.06 bits per heavy atom. The Hall–Kier alpha value is -2.51. The van der Waals surface area contributed by atoms with E-state index in [-0.39, 0.29) is 23.4 Å². The SMILES string of the molecule is CC(C)(C)c1ccc(NC(=O)Cn2c(CN3CCCC3)nc3sc4c(c3c2=O)CCCC4)cc1. The highest BCUT2D eigenvalue weighted by Crippen LogP contribution is 2.34. The molecule has 1 saturated heterocycles. The maximum absolute atomic E-state index is 13.7. The number of hydrogen-bond donors (Lipinski definition) is 1. The first-order chi connectivity index (χ1) is 16.3. The number of rotatable bonds is 5. The summed E-state index contributed by atoms with van der Waals surface area (Å²) in [5, 5.41) is 3.73. The largest absolute Gasteiger partial charge is 0.325 e. The minimum atomic E-state index is -0.196. The average Bonchev–Trinajstić information content (AvgIpc) is 3.43. The van der Waals surface area contributed by atoms with Crippen LogP contribution in [-0.2, 0) is 36.1 Å². The van der Waals surface area contributed by atoms with Gasteiger partial charge in [-0.2, -0.15) is 0 Å². The average molecular weight is 479 g/mol. The number of fused-ring (bicyclic) bond motifs is 3. The molecular formula is C27H34N4O2S. The fourth-order valence-corrected chi connectivity index (χ4v) is 6.37. The van der Waals surface area contributed by atoms with Crippen molar-refractivity contribution in [3.63, 3.8) is 0 Å². The van der Waals surface area contributed by atoms with Crippen molar-refractivity contribution in [2.24, 2.45) is 0 Å². The van der Waals surface area contributed by atoms with Gasteiger partial charge in [0, 0.05) is 10.6 Å². The number of benzene rings is 1. The Morgan fingerprint density at radius 2 is 1.76 bits per heavy atom. The number of aromatic nitrogens is 2. The molecule has 3 heterocycles. The van der Waals surface area contributed by atoms with Crippen LogP contribution in [0.25, 0.3) is 10.2 Å². The lowest BCUT2D eigenvalue weighted by atomic mass is 9.87. The zero-order valence-corrected chi connectivity index (χ0v) is 21.3. The van der Waals surface area contributed by atoms with Gasteiger partial charge in [0.05, 0.1) is 11.9 Å². The Kier molecular flexibility index (Phi) is 6.34.